The van der Waals surface area contributed by atoms with Crippen molar-refractivity contribution >= 4 is 11.6 Å². The molecule has 2 N–H and O–H groups in total. The summed E-state index contributed by atoms with van der Waals surface area (Å²) in [5.41, 5.74) is 1.14. The van der Waals surface area contributed by atoms with Gasteiger partial charge in [-0.25, -0.2) is 4.98 Å². The largest absolute Gasteiger partial charge is 0.347 e. The fourth-order valence-corrected chi connectivity index (χ4v) is 2.08. The van der Waals surface area contributed by atoms with Crippen LogP contribution in [0, 0.1) is 0 Å². The van der Waals surface area contributed by atoms with E-state index in [1.807, 2.05) is 24.4 Å². The van der Waals surface area contributed by atoms with Crippen LogP contribution in [-0.2, 0) is 6.42 Å². The highest BCUT2D eigenvalue weighted by molar-refractivity contribution is 6.31. The number of imidazole rings is 1. The van der Waals surface area contributed by atoms with E-state index >= 15 is 0 Å². The molecular weight excluding hydrogens is 234 g/mol. The number of aromatic amines is 1. The summed E-state index contributed by atoms with van der Waals surface area (Å²) in [5.74, 6) is 0.951. The third-order valence-electron chi connectivity index (χ3n) is 2.68. The second kappa shape index (κ2) is 5.84. The lowest BCUT2D eigenvalue weighted by Gasteiger charge is -2.16. The van der Waals surface area contributed by atoms with Gasteiger partial charge in [-0.2, -0.15) is 0 Å². The number of hydrogen-bond donors (Lipinski definition) is 2. The van der Waals surface area contributed by atoms with Gasteiger partial charge in [-0.05, 0) is 24.6 Å². The second-order valence-corrected chi connectivity index (χ2v) is 4.29. The Kier molecular flexibility index (Phi) is 4.18. The summed E-state index contributed by atoms with van der Waals surface area (Å²) in [5, 5.41) is 4.22. The Bertz CT molecular complexity index is 453. The number of hydrogen-bond acceptors (Lipinski definition) is 2. The second-order valence-electron chi connectivity index (χ2n) is 3.88. The Labute approximate surface area is 106 Å². The van der Waals surface area contributed by atoms with Crippen molar-refractivity contribution in [2.45, 2.75) is 19.4 Å². The van der Waals surface area contributed by atoms with Crippen LogP contribution in [0.25, 0.3) is 0 Å². The standard InChI is InChI=1S/C13H16ClN3/c1-2-15-12(13-16-7-8-17-13)9-10-5-3-4-6-11(10)14/h3-8,12,15H,2,9H2,1H3,(H,16,17). The van der Waals surface area contributed by atoms with Crippen LogP contribution in [0.15, 0.2) is 36.7 Å². The van der Waals surface area contributed by atoms with E-state index in [1.165, 1.54) is 0 Å². The van der Waals surface area contributed by atoms with Gasteiger partial charge in [0.25, 0.3) is 0 Å². The van der Waals surface area contributed by atoms with Crippen molar-refractivity contribution in [2.75, 3.05) is 6.54 Å². The molecule has 0 saturated heterocycles. The minimum absolute atomic E-state index is 0.176. The molecule has 0 bridgehead atoms. The molecule has 90 valence electrons. The number of nitrogens with zero attached hydrogens (tertiary/aromatic N) is 1. The maximum absolute atomic E-state index is 6.17. The maximum Gasteiger partial charge on any atom is 0.123 e. The van der Waals surface area contributed by atoms with Gasteiger partial charge in [-0.3, -0.25) is 0 Å². The van der Waals surface area contributed by atoms with E-state index in [0.717, 1.165) is 29.4 Å². The van der Waals surface area contributed by atoms with Crippen molar-refractivity contribution in [1.29, 1.82) is 0 Å². The lowest BCUT2D eigenvalue weighted by atomic mass is 10.1. The average molecular weight is 250 g/mol. The van der Waals surface area contributed by atoms with Gasteiger partial charge in [-0.1, -0.05) is 36.7 Å². The number of benzene rings is 1. The number of nitrogens with one attached hydrogen (secondary N) is 2. The monoisotopic (exact) mass is 249 g/mol. The lowest BCUT2D eigenvalue weighted by molar-refractivity contribution is 0.526. The first-order valence-corrected chi connectivity index (χ1v) is 6.15. The summed E-state index contributed by atoms with van der Waals surface area (Å²) >= 11 is 6.17. The zero-order valence-corrected chi connectivity index (χ0v) is 10.5. The molecule has 0 saturated carbocycles. The van der Waals surface area contributed by atoms with E-state index in [4.69, 9.17) is 11.6 Å². The van der Waals surface area contributed by atoms with Crippen molar-refractivity contribution in [3.05, 3.63) is 53.1 Å². The van der Waals surface area contributed by atoms with E-state index in [0.29, 0.717) is 0 Å². The highest BCUT2D eigenvalue weighted by Gasteiger charge is 2.14. The van der Waals surface area contributed by atoms with Crippen LogP contribution in [0.1, 0.15) is 24.4 Å². The SMILES string of the molecule is CCNC(Cc1ccccc1Cl)c1ncc[nH]1. The molecule has 2 aromatic rings. The van der Waals surface area contributed by atoms with Gasteiger partial charge in [0, 0.05) is 17.4 Å². The molecule has 0 aliphatic carbocycles. The molecular formula is C13H16ClN3. The minimum Gasteiger partial charge on any atom is -0.347 e. The summed E-state index contributed by atoms with van der Waals surface area (Å²) in [7, 11) is 0. The number of aromatic nitrogens is 2. The first-order chi connectivity index (χ1) is 8.31. The molecule has 0 aliphatic rings. The molecule has 17 heavy (non-hydrogen) atoms. The third-order valence-corrected chi connectivity index (χ3v) is 3.05. The van der Waals surface area contributed by atoms with E-state index in [2.05, 4.69) is 28.3 Å². The Morgan fingerprint density at radius 3 is 2.88 bits per heavy atom. The van der Waals surface area contributed by atoms with Gasteiger partial charge in [0.05, 0.1) is 6.04 Å². The highest BCUT2D eigenvalue weighted by Crippen LogP contribution is 2.21. The number of halogens is 1. The quantitative estimate of drug-likeness (QED) is 0.855. The molecule has 0 amide bonds. The summed E-state index contributed by atoms with van der Waals surface area (Å²) in [6.07, 6.45) is 4.44. The predicted octanol–water partition coefficient (Wildman–Crippen LogP) is 2.96. The molecule has 3 nitrogen and oxygen atoms in total. The van der Waals surface area contributed by atoms with Crippen LogP contribution in [0.3, 0.4) is 0 Å². The van der Waals surface area contributed by atoms with E-state index < -0.39 is 0 Å². The predicted molar refractivity (Wildman–Crippen MR) is 70.2 cm³/mol. The molecule has 1 heterocycles. The maximum atomic E-state index is 6.17. The Morgan fingerprint density at radius 1 is 1.41 bits per heavy atom. The van der Waals surface area contributed by atoms with Gasteiger partial charge >= 0.3 is 0 Å². The van der Waals surface area contributed by atoms with Crippen molar-refractivity contribution in [1.82, 2.24) is 15.3 Å². The molecule has 1 aromatic carbocycles. The van der Waals surface area contributed by atoms with Crippen LogP contribution in [0.4, 0.5) is 0 Å². The zero-order valence-electron chi connectivity index (χ0n) is 9.78. The molecule has 2 rings (SSSR count). The molecule has 0 radical (unpaired) electrons. The topological polar surface area (TPSA) is 40.7 Å². The summed E-state index contributed by atoms with van der Waals surface area (Å²) in [6.45, 7) is 2.98. The van der Waals surface area contributed by atoms with Crippen LogP contribution in [0.2, 0.25) is 5.02 Å². The van der Waals surface area contributed by atoms with Crippen molar-refractivity contribution in [2.24, 2.45) is 0 Å². The van der Waals surface area contributed by atoms with Crippen LogP contribution in [0.5, 0.6) is 0 Å². The van der Waals surface area contributed by atoms with Crippen molar-refractivity contribution < 1.29 is 0 Å². The molecule has 0 spiro atoms. The Balaban J connectivity index is 2.16. The van der Waals surface area contributed by atoms with Crippen molar-refractivity contribution in [3.8, 4) is 0 Å². The van der Waals surface area contributed by atoms with E-state index in [9.17, 15) is 0 Å². The molecule has 4 heteroatoms. The fourth-order valence-electron chi connectivity index (χ4n) is 1.86. The molecule has 1 unspecified atom stereocenters. The van der Waals surface area contributed by atoms with E-state index in [1.54, 1.807) is 6.20 Å². The summed E-state index contributed by atoms with van der Waals surface area (Å²) in [4.78, 5) is 7.44. The Hall–Kier alpha value is -1.32. The molecule has 1 aromatic heterocycles. The normalized spacial score (nSPS) is 12.6. The lowest BCUT2D eigenvalue weighted by Crippen LogP contribution is -2.24. The number of rotatable bonds is 5. The number of H-pyrrole nitrogens is 1. The fraction of sp³-hybridized carbons (Fsp3) is 0.308. The van der Waals surface area contributed by atoms with Gasteiger partial charge < -0.3 is 10.3 Å². The smallest absolute Gasteiger partial charge is 0.123 e. The summed E-state index contributed by atoms with van der Waals surface area (Å²) in [6, 6.07) is 8.10. The van der Waals surface area contributed by atoms with Crippen LogP contribution >= 0.6 is 11.6 Å². The first-order valence-electron chi connectivity index (χ1n) is 5.77. The Morgan fingerprint density at radius 2 is 2.24 bits per heavy atom. The third kappa shape index (κ3) is 3.08. The van der Waals surface area contributed by atoms with Crippen LogP contribution in [-0.4, -0.2) is 16.5 Å². The highest BCUT2D eigenvalue weighted by atomic mass is 35.5. The van der Waals surface area contributed by atoms with Gasteiger partial charge in [-0.15, -0.1) is 0 Å². The average Bonchev–Trinajstić information content (AvgIpc) is 2.85. The first kappa shape index (κ1) is 12.1. The number of likely N-dealkylation sites (N-methyl/N-ethyl adjacent to an activating group) is 1. The summed E-state index contributed by atoms with van der Waals surface area (Å²) < 4.78 is 0. The molecule has 0 fully saturated rings. The molecule has 1 atom stereocenters. The molecule has 0 aliphatic heterocycles. The zero-order chi connectivity index (χ0) is 12.1. The van der Waals surface area contributed by atoms with Gasteiger partial charge in [0.2, 0.25) is 0 Å². The van der Waals surface area contributed by atoms with Gasteiger partial charge in [0.15, 0.2) is 0 Å². The van der Waals surface area contributed by atoms with Gasteiger partial charge in [0.1, 0.15) is 5.82 Å². The van der Waals surface area contributed by atoms with Crippen molar-refractivity contribution in [3.63, 3.8) is 0 Å². The van der Waals surface area contributed by atoms with Crippen LogP contribution < -0.4 is 5.32 Å². The van der Waals surface area contributed by atoms with E-state index in [-0.39, 0.29) is 6.04 Å². The minimum atomic E-state index is 0.176.